The van der Waals surface area contributed by atoms with Crippen molar-refractivity contribution in [3.05, 3.63) is 57.9 Å². The monoisotopic (exact) mass is 394 g/mol. The molecule has 3 aromatic rings. The second-order valence-corrected chi connectivity index (χ2v) is 6.01. The van der Waals surface area contributed by atoms with Crippen LogP contribution in [0.5, 0.6) is 5.75 Å². The Bertz CT molecular complexity index is 852. The maximum atomic E-state index is 11.9. The summed E-state index contributed by atoms with van der Waals surface area (Å²) in [6, 6.07) is 10.8. The van der Waals surface area contributed by atoms with Crippen molar-refractivity contribution in [3.8, 4) is 5.75 Å². The average molecular weight is 396 g/mol. The molecule has 0 radical (unpaired) electrons. The molecule has 3 rings (SSSR count). The van der Waals surface area contributed by atoms with E-state index in [9.17, 15) is 4.79 Å². The van der Waals surface area contributed by atoms with E-state index in [1.807, 2.05) is 28.8 Å². The minimum absolute atomic E-state index is 0.127. The Hall–Kier alpha value is -2.12. The van der Waals surface area contributed by atoms with Gasteiger partial charge in [-0.3, -0.25) is 9.20 Å². The van der Waals surface area contributed by atoms with Crippen LogP contribution in [0.3, 0.4) is 0 Å². The van der Waals surface area contributed by atoms with Gasteiger partial charge in [0.1, 0.15) is 5.75 Å². The van der Waals surface area contributed by atoms with E-state index in [4.69, 9.17) is 16.3 Å². The molecule has 0 saturated carbocycles. The van der Waals surface area contributed by atoms with Gasteiger partial charge >= 0.3 is 0 Å². The molecule has 1 N–H and O–H groups in total. The smallest absolute Gasteiger partial charge is 0.258 e. The van der Waals surface area contributed by atoms with Gasteiger partial charge in [-0.05, 0) is 30.3 Å². The first-order chi connectivity index (χ1) is 11.1. The number of carbonyl (C=O) groups is 1. The normalized spacial score (nSPS) is 10.7. The molecular formula is C15H12BrClN4O2. The van der Waals surface area contributed by atoms with E-state index in [-0.39, 0.29) is 19.1 Å². The number of benzene rings is 1. The Morgan fingerprint density at radius 2 is 2.17 bits per heavy atom. The lowest BCUT2D eigenvalue weighted by Crippen LogP contribution is -2.29. The highest BCUT2D eigenvalue weighted by atomic mass is 79.9. The van der Waals surface area contributed by atoms with E-state index < -0.39 is 0 Å². The summed E-state index contributed by atoms with van der Waals surface area (Å²) in [6.45, 7) is 0.138. The Morgan fingerprint density at radius 3 is 3.00 bits per heavy atom. The fraction of sp³-hybridized carbons (Fsp3) is 0.133. The number of hydrogen-bond donors (Lipinski definition) is 1. The molecule has 0 aliphatic heterocycles. The van der Waals surface area contributed by atoms with Gasteiger partial charge in [-0.1, -0.05) is 33.6 Å². The van der Waals surface area contributed by atoms with Crippen LogP contribution in [-0.4, -0.2) is 27.1 Å². The second-order valence-electron chi connectivity index (χ2n) is 4.69. The quantitative estimate of drug-likeness (QED) is 0.721. The van der Waals surface area contributed by atoms with E-state index in [0.29, 0.717) is 16.6 Å². The largest absolute Gasteiger partial charge is 0.482 e. The fourth-order valence-corrected chi connectivity index (χ4v) is 2.70. The zero-order valence-electron chi connectivity index (χ0n) is 11.9. The summed E-state index contributed by atoms with van der Waals surface area (Å²) in [5, 5.41) is 11.2. The van der Waals surface area contributed by atoms with E-state index >= 15 is 0 Å². The molecule has 0 saturated heterocycles. The molecule has 1 amide bonds. The SMILES string of the molecule is O=C(COc1ccc(Br)cc1Cl)NCc1nnc2ccccn12. The minimum Gasteiger partial charge on any atom is -0.482 e. The van der Waals surface area contributed by atoms with Crippen molar-refractivity contribution in [3.63, 3.8) is 0 Å². The molecule has 0 spiro atoms. The van der Waals surface area contributed by atoms with Crippen LogP contribution >= 0.6 is 27.5 Å². The lowest BCUT2D eigenvalue weighted by Gasteiger charge is -2.08. The number of pyridine rings is 1. The van der Waals surface area contributed by atoms with Crippen LogP contribution in [0.1, 0.15) is 5.82 Å². The summed E-state index contributed by atoms with van der Waals surface area (Å²) in [5.74, 6) is 0.838. The Balaban J connectivity index is 1.55. The molecule has 118 valence electrons. The first-order valence-electron chi connectivity index (χ1n) is 6.76. The van der Waals surface area contributed by atoms with Crippen molar-refractivity contribution in [2.45, 2.75) is 6.54 Å². The topological polar surface area (TPSA) is 68.5 Å². The molecule has 1 aromatic carbocycles. The van der Waals surface area contributed by atoms with Crippen molar-refractivity contribution in [2.75, 3.05) is 6.61 Å². The van der Waals surface area contributed by atoms with E-state index in [1.54, 1.807) is 18.2 Å². The molecule has 8 heteroatoms. The van der Waals surface area contributed by atoms with E-state index in [2.05, 4.69) is 31.4 Å². The van der Waals surface area contributed by atoms with Gasteiger partial charge in [0, 0.05) is 10.7 Å². The van der Waals surface area contributed by atoms with Crippen LogP contribution in [0.25, 0.3) is 5.65 Å². The molecule has 0 unspecified atom stereocenters. The number of aromatic nitrogens is 3. The lowest BCUT2D eigenvalue weighted by atomic mass is 10.3. The molecule has 2 aromatic heterocycles. The maximum absolute atomic E-state index is 11.9. The lowest BCUT2D eigenvalue weighted by molar-refractivity contribution is -0.123. The molecule has 0 fully saturated rings. The highest BCUT2D eigenvalue weighted by Gasteiger charge is 2.09. The summed E-state index contributed by atoms with van der Waals surface area (Å²) in [4.78, 5) is 11.9. The van der Waals surface area contributed by atoms with Crippen molar-refractivity contribution < 1.29 is 9.53 Å². The van der Waals surface area contributed by atoms with Gasteiger partial charge in [0.25, 0.3) is 5.91 Å². The third-order valence-corrected chi connectivity index (χ3v) is 3.87. The van der Waals surface area contributed by atoms with Gasteiger partial charge in [-0.25, -0.2) is 0 Å². The predicted molar refractivity (Wildman–Crippen MR) is 89.5 cm³/mol. The molecule has 0 atom stereocenters. The zero-order chi connectivity index (χ0) is 16.2. The summed E-state index contributed by atoms with van der Waals surface area (Å²) in [5.41, 5.74) is 0.731. The number of rotatable bonds is 5. The third kappa shape index (κ3) is 3.80. The number of ether oxygens (including phenoxy) is 1. The third-order valence-electron chi connectivity index (χ3n) is 3.08. The highest BCUT2D eigenvalue weighted by molar-refractivity contribution is 9.10. The predicted octanol–water partition coefficient (Wildman–Crippen LogP) is 2.84. The van der Waals surface area contributed by atoms with Crippen LogP contribution in [0.15, 0.2) is 47.1 Å². The van der Waals surface area contributed by atoms with Gasteiger partial charge in [0.15, 0.2) is 18.1 Å². The first kappa shape index (κ1) is 15.8. The number of nitrogens with zero attached hydrogens (tertiary/aromatic N) is 3. The average Bonchev–Trinajstić information content (AvgIpc) is 2.95. The minimum atomic E-state index is -0.267. The molecular weight excluding hydrogens is 384 g/mol. The van der Waals surface area contributed by atoms with Crippen LogP contribution in [0.4, 0.5) is 0 Å². The first-order valence-corrected chi connectivity index (χ1v) is 7.94. The Kier molecular flexibility index (Phi) is 4.78. The summed E-state index contributed by atoms with van der Waals surface area (Å²) < 4.78 is 8.06. The number of amides is 1. The van der Waals surface area contributed by atoms with Crippen LogP contribution in [-0.2, 0) is 11.3 Å². The second kappa shape index (κ2) is 6.97. The zero-order valence-corrected chi connectivity index (χ0v) is 14.2. The van der Waals surface area contributed by atoms with Gasteiger partial charge in [0.2, 0.25) is 0 Å². The Morgan fingerprint density at radius 1 is 1.30 bits per heavy atom. The summed E-state index contributed by atoms with van der Waals surface area (Å²) in [6.07, 6.45) is 1.84. The van der Waals surface area contributed by atoms with E-state index in [1.165, 1.54) is 0 Å². The van der Waals surface area contributed by atoms with Crippen LogP contribution in [0.2, 0.25) is 5.02 Å². The molecule has 0 bridgehead atoms. The molecule has 0 aliphatic carbocycles. The molecule has 0 aliphatic rings. The Labute approximate surface area is 145 Å². The fourth-order valence-electron chi connectivity index (χ4n) is 1.98. The highest BCUT2D eigenvalue weighted by Crippen LogP contribution is 2.27. The van der Waals surface area contributed by atoms with Gasteiger partial charge in [0.05, 0.1) is 11.6 Å². The van der Waals surface area contributed by atoms with Crippen LogP contribution in [0, 0.1) is 0 Å². The van der Waals surface area contributed by atoms with Crippen LogP contribution < -0.4 is 10.1 Å². The van der Waals surface area contributed by atoms with Gasteiger partial charge < -0.3 is 10.1 Å². The number of nitrogens with one attached hydrogen (secondary N) is 1. The van der Waals surface area contributed by atoms with Gasteiger partial charge in [-0.2, -0.15) is 0 Å². The van der Waals surface area contributed by atoms with Crippen molar-refractivity contribution in [2.24, 2.45) is 0 Å². The number of hydrogen-bond acceptors (Lipinski definition) is 4. The van der Waals surface area contributed by atoms with Crippen molar-refractivity contribution >= 4 is 39.1 Å². The molecule has 23 heavy (non-hydrogen) atoms. The van der Waals surface area contributed by atoms with E-state index in [0.717, 1.165) is 10.1 Å². The molecule has 6 nitrogen and oxygen atoms in total. The van der Waals surface area contributed by atoms with Gasteiger partial charge in [-0.15, -0.1) is 10.2 Å². The summed E-state index contributed by atoms with van der Waals surface area (Å²) in [7, 11) is 0. The van der Waals surface area contributed by atoms with Crippen molar-refractivity contribution in [1.82, 2.24) is 19.9 Å². The number of halogens is 2. The maximum Gasteiger partial charge on any atom is 0.258 e. The number of fused-ring (bicyclic) bond motifs is 1. The number of carbonyl (C=O) groups excluding carboxylic acids is 1. The standard InChI is InChI=1S/C15H12BrClN4O2/c16-10-4-5-12(11(17)7-10)23-9-15(22)18-8-14-20-19-13-3-1-2-6-21(13)14/h1-7H,8-9H2,(H,18,22). The van der Waals surface area contributed by atoms with Crippen molar-refractivity contribution in [1.29, 1.82) is 0 Å². The molecule has 2 heterocycles. The summed E-state index contributed by atoms with van der Waals surface area (Å²) >= 11 is 9.34.